The number of pyridine rings is 1. The molecule has 0 aliphatic carbocycles. The number of nitrogens with zero attached hydrogens (tertiary/aromatic N) is 8. The Labute approximate surface area is 196 Å². The Morgan fingerprint density at radius 1 is 1.21 bits per heavy atom. The molecule has 176 valence electrons. The summed E-state index contributed by atoms with van der Waals surface area (Å²) in [6, 6.07) is 3.91. The molecule has 1 saturated heterocycles. The Hall–Kier alpha value is -3.73. The second-order valence-corrected chi connectivity index (χ2v) is 9.12. The average Bonchev–Trinajstić information content (AvgIpc) is 3.33. The number of aromatic nitrogens is 7. The van der Waals surface area contributed by atoms with Crippen LogP contribution in [0.3, 0.4) is 0 Å². The SMILES string of the molecule is CC(O)C1CN(c2nn3c4cc(ncc24)Nc2ccnc(n2)-c2cnn(C)c2OCCC3C)C1. The fourth-order valence-electron chi connectivity index (χ4n) is 4.53. The van der Waals surface area contributed by atoms with Gasteiger partial charge in [-0.2, -0.15) is 10.2 Å². The van der Waals surface area contributed by atoms with Crippen molar-refractivity contribution in [2.45, 2.75) is 32.4 Å². The van der Waals surface area contributed by atoms with Gasteiger partial charge in [0.05, 0.1) is 35.9 Å². The third-order valence-electron chi connectivity index (χ3n) is 6.69. The van der Waals surface area contributed by atoms with Crippen LogP contribution in [-0.2, 0) is 7.05 Å². The predicted molar refractivity (Wildman–Crippen MR) is 127 cm³/mol. The highest BCUT2D eigenvalue weighted by Gasteiger charge is 2.33. The van der Waals surface area contributed by atoms with Crippen LogP contribution in [0.25, 0.3) is 22.3 Å². The number of fused-ring (bicyclic) bond motifs is 5. The number of hydrogen-bond acceptors (Lipinski definition) is 9. The molecular weight excluding hydrogens is 434 g/mol. The van der Waals surface area contributed by atoms with Gasteiger partial charge in [0.2, 0.25) is 5.88 Å². The van der Waals surface area contributed by atoms with Crippen LogP contribution in [0.1, 0.15) is 26.3 Å². The van der Waals surface area contributed by atoms with Crippen molar-refractivity contribution in [3.63, 3.8) is 0 Å². The average molecular weight is 462 g/mol. The summed E-state index contributed by atoms with van der Waals surface area (Å²) in [6.07, 6.45) is 5.72. The molecule has 2 aliphatic rings. The van der Waals surface area contributed by atoms with Crippen molar-refractivity contribution in [1.29, 1.82) is 0 Å². The van der Waals surface area contributed by atoms with Gasteiger partial charge in [-0.05, 0) is 19.9 Å². The summed E-state index contributed by atoms with van der Waals surface area (Å²) >= 11 is 0. The second-order valence-electron chi connectivity index (χ2n) is 9.12. The number of nitrogens with one attached hydrogen (secondary N) is 1. The highest BCUT2D eigenvalue weighted by molar-refractivity contribution is 5.92. The van der Waals surface area contributed by atoms with Gasteiger partial charge in [0, 0.05) is 50.9 Å². The van der Waals surface area contributed by atoms with E-state index in [1.807, 2.05) is 26.2 Å². The minimum atomic E-state index is -0.321. The van der Waals surface area contributed by atoms with Crippen molar-refractivity contribution in [3.8, 4) is 17.3 Å². The van der Waals surface area contributed by atoms with E-state index in [2.05, 4.69) is 41.9 Å². The molecule has 1 fully saturated rings. The van der Waals surface area contributed by atoms with Crippen LogP contribution in [-0.4, -0.2) is 65.4 Å². The zero-order valence-corrected chi connectivity index (χ0v) is 19.4. The lowest BCUT2D eigenvalue weighted by Crippen LogP contribution is -2.51. The van der Waals surface area contributed by atoms with E-state index in [0.717, 1.165) is 41.8 Å². The molecule has 4 aromatic heterocycles. The second kappa shape index (κ2) is 7.94. The fourth-order valence-corrected chi connectivity index (χ4v) is 4.53. The molecule has 2 aliphatic heterocycles. The molecule has 0 saturated carbocycles. The molecular formula is C23H27N9O2. The van der Waals surface area contributed by atoms with Crippen LogP contribution in [0.2, 0.25) is 0 Å². The third-order valence-corrected chi connectivity index (χ3v) is 6.69. The van der Waals surface area contributed by atoms with Crippen molar-refractivity contribution >= 4 is 28.4 Å². The van der Waals surface area contributed by atoms with Crippen LogP contribution in [0.15, 0.2) is 30.7 Å². The van der Waals surface area contributed by atoms with E-state index >= 15 is 0 Å². The lowest BCUT2D eigenvalue weighted by Gasteiger charge is -2.41. The Balaban J connectivity index is 1.42. The van der Waals surface area contributed by atoms with E-state index < -0.39 is 0 Å². The summed E-state index contributed by atoms with van der Waals surface area (Å²) in [5.74, 6) is 3.65. The number of aliphatic hydroxyl groups excluding tert-OH is 1. The van der Waals surface area contributed by atoms with E-state index in [4.69, 9.17) is 9.84 Å². The van der Waals surface area contributed by atoms with Gasteiger partial charge in [0.25, 0.3) is 0 Å². The molecule has 0 amide bonds. The minimum Gasteiger partial charge on any atom is -0.477 e. The first-order chi connectivity index (χ1) is 16.5. The Morgan fingerprint density at radius 3 is 2.88 bits per heavy atom. The van der Waals surface area contributed by atoms with E-state index in [1.54, 1.807) is 23.1 Å². The van der Waals surface area contributed by atoms with Gasteiger partial charge >= 0.3 is 0 Å². The molecule has 34 heavy (non-hydrogen) atoms. The number of rotatable bonds is 2. The van der Waals surface area contributed by atoms with Crippen molar-refractivity contribution in [1.82, 2.24) is 34.5 Å². The van der Waals surface area contributed by atoms with Crippen LogP contribution in [0.5, 0.6) is 5.88 Å². The highest BCUT2D eigenvalue weighted by atomic mass is 16.5. The van der Waals surface area contributed by atoms with Crippen LogP contribution < -0.4 is 15.0 Å². The zero-order chi connectivity index (χ0) is 23.4. The first kappa shape index (κ1) is 20.8. The number of anilines is 3. The normalized spacial score (nSPS) is 19.2. The van der Waals surface area contributed by atoms with Crippen molar-refractivity contribution in [2.24, 2.45) is 13.0 Å². The lowest BCUT2D eigenvalue weighted by atomic mass is 9.95. The third kappa shape index (κ3) is 3.43. The van der Waals surface area contributed by atoms with Crippen LogP contribution >= 0.6 is 0 Å². The first-order valence-corrected chi connectivity index (χ1v) is 11.5. The minimum absolute atomic E-state index is 0.0917. The van der Waals surface area contributed by atoms with Gasteiger partial charge in [0.1, 0.15) is 17.2 Å². The number of aryl methyl sites for hydroxylation is 1. The Bertz CT molecular complexity index is 1360. The monoisotopic (exact) mass is 461 g/mol. The standard InChI is InChI=1S/C23H27N9O2/c1-13-5-7-34-23-17(10-26-30(23)3)21-24-6-4-19(28-21)27-20-8-18-16(9-25-20)22(29-32(13)18)31-11-15(12-31)14(2)33/h4,6,8-10,13-15,33H,5,7,11-12H2,1-3H3,(H,24,25,27,28). The molecule has 4 bridgehead atoms. The summed E-state index contributed by atoms with van der Waals surface area (Å²) in [7, 11) is 1.85. The molecule has 0 radical (unpaired) electrons. The predicted octanol–water partition coefficient (Wildman–Crippen LogP) is 2.53. The fraction of sp³-hybridized carbons (Fsp3) is 0.435. The van der Waals surface area contributed by atoms with Gasteiger partial charge in [-0.25, -0.2) is 19.6 Å². The largest absolute Gasteiger partial charge is 0.477 e. The summed E-state index contributed by atoms with van der Waals surface area (Å²) in [6.45, 7) is 6.05. The molecule has 11 nitrogen and oxygen atoms in total. The quantitative estimate of drug-likeness (QED) is 0.464. The van der Waals surface area contributed by atoms with Crippen molar-refractivity contribution in [3.05, 3.63) is 30.7 Å². The van der Waals surface area contributed by atoms with Gasteiger partial charge in [0.15, 0.2) is 11.6 Å². The van der Waals surface area contributed by atoms with Crippen molar-refractivity contribution < 1.29 is 9.84 Å². The smallest absolute Gasteiger partial charge is 0.222 e. The van der Waals surface area contributed by atoms with Gasteiger partial charge in [-0.1, -0.05) is 0 Å². The molecule has 0 spiro atoms. The van der Waals surface area contributed by atoms with E-state index in [1.165, 1.54) is 0 Å². The summed E-state index contributed by atoms with van der Waals surface area (Å²) in [5, 5.41) is 23.5. The number of hydrogen-bond donors (Lipinski definition) is 2. The van der Waals surface area contributed by atoms with E-state index in [9.17, 15) is 5.11 Å². The number of aliphatic hydroxyl groups is 1. The summed E-state index contributed by atoms with van der Waals surface area (Å²) < 4.78 is 9.91. The topological polar surface area (TPSA) is 119 Å². The molecule has 2 atom stereocenters. The Morgan fingerprint density at radius 2 is 2.06 bits per heavy atom. The molecule has 11 heteroatoms. The van der Waals surface area contributed by atoms with Gasteiger partial charge < -0.3 is 20.1 Å². The zero-order valence-electron chi connectivity index (χ0n) is 19.4. The molecule has 2 N–H and O–H groups in total. The van der Waals surface area contributed by atoms with E-state index in [0.29, 0.717) is 29.9 Å². The maximum atomic E-state index is 9.92. The van der Waals surface area contributed by atoms with Gasteiger partial charge in [-0.3, -0.25) is 4.68 Å². The number of ether oxygens (including phenoxy) is 1. The van der Waals surface area contributed by atoms with E-state index in [-0.39, 0.29) is 18.1 Å². The molecule has 6 heterocycles. The maximum Gasteiger partial charge on any atom is 0.222 e. The van der Waals surface area contributed by atoms with Crippen LogP contribution in [0, 0.1) is 5.92 Å². The maximum absolute atomic E-state index is 9.92. The molecule has 6 rings (SSSR count). The lowest BCUT2D eigenvalue weighted by molar-refractivity contribution is 0.107. The first-order valence-electron chi connectivity index (χ1n) is 11.5. The highest BCUT2D eigenvalue weighted by Crippen LogP contribution is 2.35. The molecule has 4 aromatic rings. The Kier molecular flexibility index (Phi) is 4.87. The molecule has 2 unspecified atom stereocenters. The van der Waals surface area contributed by atoms with Gasteiger partial charge in [-0.15, -0.1) is 0 Å². The summed E-state index contributed by atoms with van der Waals surface area (Å²) in [5.41, 5.74) is 1.74. The van der Waals surface area contributed by atoms with Crippen molar-refractivity contribution in [2.75, 3.05) is 29.9 Å². The molecule has 0 aromatic carbocycles. The summed E-state index contributed by atoms with van der Waals surface area (Å²) in [4.78, 5) is 15.9. The van der Waals surface area contributed by atoms with Crippen LogP contribution in [0.4, 0.5) is 17.5 Å².